The standard InChI is InChI=1S/C19H19F2N3O3S/c1-13(17-12-15(20)6-9-18(17)21)22-23-19(25)14-4-7-16(8-5-14)28(26,27)24-10-2-3-11-24/h4-9,12H,2-3,10-11H2,1H3,(H,23,25)/b22-13-. The molecule has 0 saturated carbocycles. The van der Waals surface area contributed by atoms with E-state index in [0.29, 0.717) is 13.1 Å². The van der Waals surface area contributed by atoms with Crippen LogP contribution in [0.4, 0.5) is 8.78 Å². The summed E-state index contributed by atoms with van der Waals surface area (Å²) in [5.74, 6) is -1.87. The van der Waals surface area contributed by atoms with Gasteiger partial charge < -0.3 is 0 Å². The number of nitrogens with zero attached hydrogens (tertiary/aromatic N) is 2. The lowest BCUT2D eigenvalue weighted by molar-refractivity contribution is 0.0954. The molecular formula is C19H19F2N3O3S. The molecule has 0 spiro atoms. The van der Waals surface area contributed by atoms with Gasteiger partial charge in [-0.3, -0.25) is 4.79 Å². The monoisotopic (exact) mass is 407 g/mol. The zero-order valence-corrected chi connectivity index (χ0v) is 16.0. The highest BCUT2D eigenvalue weighted by Gasteiger charge is 2.27. The highest BCUT2D eigenvalue weighted by atomic mass is 32.2. The molecule has 0 unspecified atom stereocenters. The average Bonchev–Trinajstić information content (AvgIpc) is 3.23. The summed E-state index contributed by atoms with van der Waals surface area (Å²) in [6, 6.07) is 8.44. The van der Waals surface area contributed by atoms with Gasteiger partial charge in [0.2, 0.25) is 10.0 Å². The topological polar surface area (TPSA) is 78.8 Å². The fraction of sp³-hybridized carbons (Fsp3) is 0.263. The third-order valence-corrected chi connectivity index (χ3v) is 6.38. The molecule has 0 aliphatic carbocycles. The molecule has 1 fully saturated rings. The van der Waals surface area contributed by atoms with E-state index in [1.165, 1.54) is 35.5 Å². The largest absolute Gasteiger partial charge is 0.271 e. The number of benzene rings is 2. The number of amides is 1. The molecule has 1 aliphatic heterocycles. The molecule has 6 nitrogen and oxygen atoms in total. The maximum atomic E-state index is 13.7. The van der Waals surface area contributed by atoms with E-state index in [2.05, 4.69) is 10.5 Å². The molecule has 1 aliphatic rings. The van der Waals surface area contributed by atoms with Crippen molar-refractivity contribution in [2.75, 3.05) is 13.1 Å². The number of nitrogens with one attached hydrogen (secondary N) is 1. The van der Waals surface area contributed by atoms with Gasteiger partial charge >= 0.3 is 0 Å². The van der Waals surface area contributed by atoms with E-state index in [1.807, 2.05) is 0 Å². The molecule has 1 N–H and O–H groups in total. The summed E-state index contributed by atoms with van der Waals surface area (Å²) < 4.78 is 53.4. The number of carbonyl (C=O) groups is 1. The Hall–Kier alpha value is -2.65. The fourth-order valence-electron chi connectivity index (χ4n) is 2.89. The first kappa shape index (κ1) is 20.1. The molecule has 0 aromatic heterocycles. The van der Waals surface area contributed by atoms with Gasteiger partial charge in [-0.05, 0) is 62.2 Å². The van der Waals surface area contributed by atoms with E-state index >= 15 is 0 Å². The molecule has 0 atom stereocenters. The predicted molar refractivity (Wildman–Crippen MR) is 100 cm³/mol. The first-order chi connectivity index (χ1) is 13.3. The van der Waals surface area contributed by atoms with Gasteiger partial charge in [-0.2, -0.15) is 9.41 Å². The van der Waals surface area contributed by atoms with Crippen molar-refractivity contribution >= 4 is 21.6 Å². The minimum atomic E-state index is -3.55. The van der Waals surface area contributed by atoms with Gasteiger partial charge in [0.25, 0.3) is 5.91 Å². The summed E-state index contributed by atoms with van der Waals surface area (Å²) in [6.45, 7) is 2.42. The Balaban J connectivity index is 1.72. The van der Waals surface area contributed by atoms with Crippen molar-refractivity contribution in [1.82, 2.24) is 9.73 Å². The number of hydrogen-bond donors (Lipinski definition) is 1. The highest BCUT2D eigenvalue weighted by Crippen LogP contribution is 2.21. The van der Waals surface area contributed by atoms with Crippen molar-refractivity contribution in [2.24, 2.45) is 5.10 Å². The molecule has 0 bridgehead atoms. The average molecular weight is 407 g/mol. The van der Waals surface area contributed by atoms with Crippen molar-refractivity contribution in [2.45, 2.75) is 24.7 Å². The Morgan fingerprint density at radius 2 is 1.71 bits per heavy atom. The molecule has 28 heavy (non-hydrogen) atoms. The Bertz CT molecular complexity index is 1020. The van der Waals surface area contributed by atoms with Crippen LogP contribution in [0.1, 0.15) is 35.7 Å². The van der Waals surface area contributed by atoms with Gasteiger partial charge in [-0.1, -0.05) is 0 Å². The van der Waals surface area contributed by atoms with E-state index in [4.69, 9.17) is 0 Å². The third kappa shape index (κ3) is 4.26. The molecule has 3 rings (SSSR count). The number of rotatable bonds is 5. The number of carbonyl (C=O) groups excluding carboxylic acids is 1. The van der Waals surface area contributed by atoms with Crippen LogP contribution in [0.2, 0.25) is 0 Å². The van der Waals surface area contributed by atoms with Crippen LogP contribution in [-0.2, 0) is 10.0 Å². The Morgan fingerprint density at radius 1 is 1.07 bits per heavy atom. The molecule has 1 amide bonds. The molecule has 1 heterocycles. The van der Waals surface area contributed by atoms with Crippen LogP contribution in [0.15, 0.2) is 52.5 Å². The maximum absolute atomic E-state index is 13.7. The summed E-state index contributed by atoms with van der Waals surface area (Å²) in [5.41, 5.74) is 2.48. The molecule has 2 aromatic rings. The summed E-state index contributed by atoms with van der Waals surface area (Å²) in [5, 5.41) is 3.79. The third-order valence-electron chi connectivity index (χ3n) is 4.46. The van der Waals surface area contributed by atoms with Crippen LogP contribution in [0, 0.1) is 11.6 Å². The van der Waals surface area contributed by atoms with Crippen molar-refractivity contribution in [3.63, 3.8) is 0 Å². The Labute approximate surface area is 161 Å². The van der Waals surface area contributed by atoms with Crippen LogP contribution in [0.3, 0.4) is 0 Å². The molecule has 0 radical (unpaired) electrons. The van der Waals surface area contributed by atoms with E-state index in [0.717, 1.165) is 31.0 Å². The summed E-state index contributed by atoms with van der Waals surface area (Å²) in [4.78, 5) is 12.3. The minimum Gasteiger partial charge on any atom is -0.267 e. The second-order valence-electron chi connectivity index (χ2n) is 6.40. The van der Waals surface area contributed by atoms with Crippen LogP contribution in [0.25, 0.3) is 0 Å². The fourth-order valence-corrected chi connectivity index (χ4v) is 4.41. The van der Waals surface area contributed by atoms with Gasteiger partial charge in [-0.15, -0.1) is 0 Å². The van der Waals surface area contributed by atoms with Gasteiger partial charge in [-0.25, -0.2) is 22.6 Å². The SMILES string of the molecule is C/C(=N/NC(=O)c1ccc(S(=O)(=O)N2CCCC2)cc1)c1cc(F)ccc1F. The number of sulfonamides is 1. The number of hydrazone groups is 1. The van der Waals surface area contributed by atoms with Crippen LogP contribution < -0.4 is 5.43 Å². The van der Waals surface area contributed by atoms with Gasteiger partial charge in [0, 0.05) is 24.2 Å². The smallest absolute Gasteiger partial charge is 0.267 e. The lowest BCUT2D eigenvalue weighted by Gasteiger charge is -2.15. The van der Waals surface area contributed by atoms with Gasteiger partial charge in [0.15, 0.2) is 0 Å². The first-order valence-corrected chi connectivity index (χ1v) is 10.1. The molecule has 2 aromatic carbocycles. The zero-order chi connectivity index (χ0) is 20.3. The summed E-state index contributed by atoms with van der Waals surface area (Å²) >= 11 is 0. The van der Waals surface area contributed by atoms with Crippen LogP contribution in [0.5, 0.6) is 0 Å². The molecule has 1 saturated heterocycles. The summed E-state index contributed by atoms with van der Waals surface area (Å²) in [7, 11) is -3.55. The van der Waals surface area contributed by atoms with E-state index < -0.39 is 27.6 Å². The lowest BCUT2D eigenvalue weighted by atomic mass is 10.1. The highest BCUT2D eigenvalue weighted by molar-refractivity contribution is 7.89. The van der Waals surface area contributed by atoms with Crippen molar-refractivity contribution in [3.05, 3.63) is 65.2 Å². The van der Waals surface area contributed by atoms with Gasteiger partial charge in [0.05, 0.1) is 10.6 Å². The normalized spacial score (nSPS) is 15.6. The minimum absolute atomic E-state index is 0.0626. The molecule has 148 valence electrons. The van der Waals surface area contributed by atoms with E-state index in [9.17, 15) is 22.0 Å². The van der Waals surface area contributed by atoms with E-state index in [-0.39, 0.29) is 21.7 Å². The second-order valence-corrected chi connectivity index (χ2v) is 8.34. The van der Waals surface area contributed by atoms with Crippen molar-refractivity contribution < 1.29 is 22.0 Å². The Kier molecular flexibility index (Phi) is 5.85. The maximum Gasteiger partial charge on any atom is 0.271 e. The quantitative estimate of drug-likeness (QED) is 0.612. The van der Waals surface area contributed by atoms with Crippen LogP contribution >= 0.6 is 0 Å². The second kappa shape index (κ2) is 8.15. The molecule has 9 heteroatoms. The van der Waals surface area contributed by atoms with Crippen LogP contribution in [-0.4, -0.2) is 37.4 Å². The molecular weight excluding hydrogens is 388 g/mol. The Morgan fingerprint density at radius 3 is 2.36 bits per heavy atom. The summed E-state index contributed by atoms with van der Waals surface area (Å²) in [6.07, 6.45) is 1.67. The number of halogens is 2. The van der Waals surface area contributed by atoms with Crippen molar-refractivity contribution in [1.29, 1.82) is 0 Å². The lowest BCUT2D eigenvalue weighted by Crippen LogP contribution is -2.28. The number of hydrogen-bond acceptors (Lipinski definition) is 4. The first-order valence-electron chi connectivity index (χ1n) is 8.69. The van der Waals surface area contributed by atoms with Gasteiger partial charge in [0.1, 0.15) is 11.6 Å². The van der Waals surface area contributed by atoms with E-state index in [1.54, 1.807) is 0 Å². The van der Waals surface area contributed by atoms with Crippen molar-refractivity contribution in [3.8, 4) is 0 Å². The zero-order valence-electron chi connectivity index (χ0n) is 15.2. The predicted octanol–water partition coefficient (Wildman–Crippen LogP) is 2.90.